The van der Waals surface area contributed by atoms with Gasteiger partial charge < -0.3 is 0 Å². The quantitative estimate of drug-likeness (QED) is 0.759. The minimum absolute atomic E-state index is 0.178. The van der Waals surface area contributed by atoms with Crippen LogP contribution in [0.3, 0.4) is 0 Å². The second-order valence-corrected chi connectivity index (χ2v) is 7.88. The van der Waals surface area contributed by atoms with Gasteiger partial charge in [-0.15, -0.1) is 10.2 Å². The standard InChI is InChI=1S/C15H12ClN3O2S2/c1-10-6-8-11(9-7-10)23(20,21)19-15-18-17-14(22-15)12-4-2-3-5-13(12)16/h2-9H,1H3,(H,18,19). The van der Waals surface area contributed by atoms with E-state index in [0.29, 0.717) is 15.6 Å². The maximum Gasteiger partial charge on any atom is 0.263 e. The van der Waals surface area contributed by atoms with E-state index in [0.717, 1.165) is 16.9 Å². The number of halogens is 1. The Morgan fingerprint density at radius 2 is 1.74 bits per heavy atom. The minimum atomic E-state index is -3.68. The molecule has 0 amide bonds. The van der Waals surface area contributed by atoms with Gasteiger partial charge in [0.15, 0.2) is 5.01 Å². The fourth-order valence-electron chi connectivity index (χ4n) is 1.90. The summed E-state index contributed by atoms with van der Waals surface area (Å²) < 4.78 is 27.1. The summed E-state index contributed by atoms with van der Waals surface area (Å²) in [4.78, 5) is 0.178. The summed E-state index contributed by atoms with van der Waals surface area (Å²) in [5.74, 6) is 0. The molecule has 0 radical (unpaired) electrons. The minimum Gasteiger partial charge on any atom is -0.253 e. The van der Waals surface area contributed by atoms with E-state index in [9.17, 15) is 8.42 Å². The summed E-state index contributed by atoms with van der Waals surface area (Å²) in [6, 6.07) is 13.8. The van der Waals surface area contributed by atoms with Crippen LogP contribution in [0.1, 0.15) is 5.56 Å². The molecule has 3 aromatic rings. The van der Waals surface area contributed by atoms with Gasteiger partial charge >= 0.3 is 0 Å². The van der Waals surface area contributed by atoms with Crippen molar-refractivity contribution in [3.63, 3.8) is 0 Å². The number of hydrogen-bond donors (Lipinski definition) is 1. The van der Waals surface area contributed by atoms with E-state index >= 15 is 0 Å². The van der Waals surface area contributed by atoms with Crippen molar-refractivity contribution in [2.45, 2.75) is 11.8 Å². The zero-order chi connectivity index (χ0) is 16.4. The van der Waals surface area contributed by atoms with Crippen LogP contribution in [0.15, 0.2) is 53.4 Å². The van der Waals surface area contributed by atoms with Crippen LogP contribution in [0.4, 0.5) is 5.13 Å². The summed E-state index contributed by atoms with van der Waals surface area (Å²) in [7, 11) is -3.68. The van der Waals surface area contributed by atoms with Crippen molar-refractivity contribution in [3.8, 4) is 10.6 Å². The number of anilines is 1. The van der Waals surface area contributed by atoms with Gasteiger partial charge in [-0.2, -0.15) is 0 Å². The third-order valence-corrected chi connectivity index (χ3v) is 5.77. The Kier molecular flexibility index (Phi) is 4.34. The van der Waals surface area contributed by atoms with Gasteiger partial charge in [0.25, 0.3) is 10.0 Å². The van der Waals surface area contributed by atoms with Gasteiger partial charge in [-0.25, -0.2) is 8.42 Å². The van der Waals surface area contributed by atoms with Gasteiger partial charge in [0, 0.05) is 5.56 Å². The maximum atomic E-state index is 12.3. The van der Waals surface area contributed by atoms with Gasteiger partial charge in [-0.05, 0) is 25.1 Å². The lowest BCUT2D eigenvalue weighted by Gasteiger charge is -2.04. The number of hydrogen-bond acceptors (Lipinski definition) is 5. The zero-order valence-corrected chi connectivity index (χ0v) is 14.4. The van der Waals surface area contributed by atoms with Gasteiger partial charge in [-0.3, -0.25) is 4.72 Å². The SMILES string of the molecule is Cc1ccc(S(=O)(=O)Nc2nnc(-c3ccccc3Cl)s2)cc1. The normalized spacial score (nSPS) is 11.4. The van der Waals surface area contributed by atoms with Crippen molar-refractivity contribution in [1.29, 1.82) is 0 Å². The van der Waals surface area contributed by atoms with Crippen molar-refractivity contribution in [2.24, 2.45) is 0 Å². The zero-order valence-electron chi connectivity index (χ0n) is 12.0. The van der Waals surface area contributed by atoms with Gasteiger partial charge in [0.1, 0.15) is 0 Å². The highest BCUT2D eigenvalue weighted by molar-refractivity contribution is 7.93. The van der Waals surface area contributed by atoms with Gasteiger partial charge in [0.05, 0.1) is 9.92 Å². The topological polar surface area (TPSA) is 72.0 Å². The van der Waals surface area contributed by atoms with Crippen LogP contribution in [-0.4, -0.2) is 18.6 Å². The Balaban J connectivity index is 1.87. The first-order valence-corrected chi connectivity index (χ1v) is 9.31. The molecule has 0 aliphatic heterocycles. The van der Waals surface area contributed by atoms with Crippen LogP contribution in [0.2, 0.25) is 5.02 Å². The molecule has 5 nitrogen and oxygen atoms in total. The summed E-state index contributed by atoms with van der Waals surface area (Å²) >= 11 is 7.24. The molecule has 0 fully saturated rings. The summed E-state index contributed by atoms with van der Waals surface area (Å²) in [6.45, 7) is 1.89. The van der Waals surface area contributed by atoms with Crippen molar-refractivity contribution < 1.29 is 8.42 Å². The molecule has 3 rings (SSSR count). The fourth-order valence-corrected chi connectivity index (χ4v) is 4.19. The number of aryl methyl sites for hydroxylation is 1. The highest BCUT2D eigenvalue weighted by Crippen LogP contribution is 2.32. The molecule has 118 valence electrons. The monoisotopic (exact) mass is 365 g/mol. The lowest BCUT2D eigenvalue weighted by molar-refractivity contribution is 0.601. The molecule has 0 aliphatic carbocycles. The van der Waals surface area contributed by atoms with E-state index < -0.39 is 10.0 Å². The summed E-state index contributed by atoms with van der Waals surface area (Å²) in [6.07, 6.45) is 0. The van der Waals surface area contributed by atoms with E-state index in [1.807, 2.05) is 19.1 Å². The Morgan fingerprint density at radius 1 is 1.04 bits per heavy atom. The fraction of sp³-hybridized carbons (Fsp3) is 0.0667. The highest BCUT2D eigenvalue weighted by atomic mass is 35.5. The Morgan fingerprint density at radius 3 is 2.43 bits per heavy atom. The van der Waals surface area contributed by atoms with Crippen molar-refractivity contribution >= 4 is 38.1 Å². The Labute approximate surface area is 143 Å². The first-order chi connectivity index (χ1) is 11.0. The Hall–Kier alpha value is -1.96. The molecule has 1 N–H and O–H groups in total. The molecule has 0 aliphatic rings. The molecule has 2 aromatic carbocycles. The molecule has 0 saturated heterocycles. The molecule has 0 unspecified atom stereocenters. The van der Waals surface area contributed by atoms with E-state index in [-0.39, 0.29) is 10.0 Å². The van der Waals surface area contributed by atoms with Crippen molar-refractivity contribution in [2.75, 3.05) is 4.72 Å². The molecule has 0 spiro atoms. The number of aromatic nitrogens is 2. The number of nitrogens with one attached hydrogen (secondary N) is 1. The van der Waals surface area contributed by atoms with Gasteiger partial charge in [0.2, 0.25) is 5.13 Å². The van der Waals surface area contributed by atoms with Crippen LogP contribution in [0, 0.1) is 6.92 Å². The number of sulfonamides is 1. The first kappa shape index (κ1) is 15.9. The second-order valence-electron chi connectivity index (χ2n) is 4.81. The van der Waals surface area contributed by atoms with E-state index in [4.69, 9.17) is 11.6 Å². The van der Waals surface area contributed by atoms with Crippen LogP contribution >= 0.6 is 22.9 Å². The third-order valence-electron chi connectivity index (χ3n) is 3.08. The van der Waals surface area contributed by atoms with E-state index in [1.54, 1.807) is 36.4 Å². The average Bonchev–Trinajstić information content (AvgIpc) is 2.95. The van der Waals surface area contributed by atoms with Crippen LogP contribution in [0.25, 0.3) is 10.6 Å². The van der Waals surface area contributed by atoms with Crippen LogP contribution < -0.4 is 4.72 Å². The smallest absolute Gasteiger partial charge is 0.253 e. The number of benzene rings is 2. The van der Waals surface area contributed by atoms with E-state index in [2.05, 4.69) is 14.9 Å². The second kappa shape index (κ2) is 6.27. The molecule has 0 saturated carbocycles. The lowest BCUT2D eigenvalue weighted by Crippen LogP contribution is -2.12. The largest absolute Gasteiger partial charge is 0.263 e. The molecular formula is C15H12ClN3O2S2. The van der Waals surface area contributed by atoms with Crippen LogP contribution in [-0.2, 0) is 10.0 Å². The third kappa shape index (κ3) is 3.52. The van der Waals surface area contributed by atoms with Crippen molar-refractivity contribution in [1.82, 2.24) is 10.2 Å². The van der Waals surface area contributed by atoms with Gasteiger partial charge in [-0.1, -0.05) is 58.8 Å². The molecule has 0 atom stereocenters. The molecule has 1 aromatic heterocycles. The average molecular weight is 366 g/mol. The molecule has 8 heteroatoms. The molecule has 0 bridgehead atoms. The summed E-state index contributed by atoms with van der Waals surface area (Å²) in [5.41, 5.74) is 1.70. The lowest BCUT2D eigenvalue weighted by atomic mass is 10.2. The molecular weight excluding hydrogens is 354 g/mol. The number of nitrogens with zero attached hydrogens (tertiary/aromatic N) is 2. The number of rotatable bonds is 4. The molecule has 1 heterocycles. The predicted molar refractivity (Wildman–Crippen MR) is 92.3 cm³/mol. The predicted octanol–water partition coefficient (Wildman–Crippen LogP) is 3.97. The van der Waals surface area contributed by atoms with E-state index in [1.165, 1.54) is 0 Å². The summed E-state index contributed by atoms with van der Waals surface area (Å²) in [5, 5.41) is 9.16. The first-order valence-electron chi connectivity index (χ1n) is 6.63. The highest BCUT2D eigenvalue weighted by Gasteiger charge is 2.17. The molecule has 23 heavy (non-hydrogen) atoms. The van der Waals surface area contributed by atoms with Crippen LogP contribution in [0.5, 0.6) is 0 Å². The maximum absolute atomic E-state index is 12.3. The van der Waals surface area contributed by atoms with Crippen molar-refractivity contribution in [3.05, 3.63) is 59.1 Å². The Bertz CT molecular complexity index is 937.